The van der Waals surface area contributed by atoms with Crippen molar-refractivity contribution < 1.29 is 14.4 Å². The van der Waals surface area contributed by atoms with E-state index in [1.54, 1.807) is 67.7 Å². The largest absolute Gasteiger partial charge is 0.354 e. The fourth-order valence-electron chi connectivity index (χ4n) is 6.12. The standard InChI is InChI=1S/C35H29N3O4/c1-18-16-19(2)32(20(3)17-18)37-25-14-15-26-30-28(31(35(42)38(26)5)33(40)22-10-7-6-8-11-22)23-12-9-13-24(36-21(4)39)27(23)34(41)29(25)30/h6-17,37H,1-5H3,(H,36,39). The number of rotatable bonds is 5. The van der Waals surface area contributed by atoms with Crippen LogP contribution < -0.4 is 16.2 Å². The lowest BCUT2D eigenvalue weighted by Crippen LogP contribution is -2.29. The van der Waals surface area contributed by atoms with E-state index in [-0.39, 0.29) is 22.8 Å². The lowest BCUT2D eigenvalue weighted by molar-refractivity contribution is -0.114. The smallest absolute Gasteiger partial charge is 0.262 e. The number of amides is 1. The highest BCUT2D eigenvalue weighted by Crippen LogP contribution is 2.46. The Kier molecular flexibility index (Phi) is 6.38. The summed E-state index contributed by atoms with van der Waals surface area (Å²) in [7, 11) is 1.61. The van der Waals surface area contributed by atoms with Crippen molar-refractivity contribution in [2.24, 2.45) is 7.05 Å². The summed E-state index contributed by atoms with van der Waals surface area (Å²) in [5.74, 6) is -1.09. The second kappa shape index (κ2) is 9.96. The van der Waals surface area contributed by atoms with Crippen LogP contribution in [0.5, 0.6) is 0 Å². The maximum absolute atomic E-state index is 14.5. The summed E-state index contributed by atoms with van der Waals surface area (Å²) in [6, 6.07) is 21.5. The van der Waals surface area contributed by atoms with E-state index < -0.39 is 11.3 Å². The SMILES string of the molecule is CC(=O)Nc1cccc2c1C(=O)c1c(Nc3c(C)cc(C)cc3C)ccc3c1c-2c(C(=O)c1ccccc1)c(=O)n3C. The molecule has 0 spiro atoms. The van der Waals surface area contributed by atoms with E-state index >= 15 is 0 Å². The summed E-state index contributed by atoms with van der Waals surface area (Å²) in [4.78, 5) is 54.7. The van der Waals surface area contributed by atoms with Gasteiger partial charge in [-0.1, -0.05) is 60.2 Å². The van der Waals surface area contributed by atoms with Gasteiger partial charge in [-0.25, -0.2) is 0 Å². The fraction of sp³-hybridized carbons (Fsp3) is 0.143. The molecular weight excluding hydrogens is 526 g/mol. The first-order valence-corrected chi connectivity index (χ1v) is 13.7. The predicted octanol–water partition coefficient (Wildman–Crippen LogP) is 6.61. The van der Waals surface area contributed by atoms with Gasteiger partial charge >= 0.3 is 0 Å². The van der Waals surface area contributed by atoms with E-state index in [9.17, 15) is 19.2 Å². The monoisotopic (exact) mass is 555 g/mol. The van der Waals surface area contributed by atoms with E-state index in [1.165, 1.54) is 11.5 Å². The van der Waals surface area contributed by atoms with Gasteiger partial charge < -0.3 is 15.2 Å². The van der Waals surface area contributed by atoms with Gasteiger partial charge in [-0.05, 0) is 55.7 Å². The molecule has 1 aliphatic carbocycles. The van der Waals surface area contributed by atoms with Gasteiger partial charge in [-0.2, -0.15) is 0 Å². The summed E-state index contributed by atoms with van der Waals surface area (Å²) in [6.45, 7) is 7.42. The van der Waals surface area contributed by atoms with Gasteiger partial charge in [0.05, 0.1) is 33.6 Å². The average Bonchev–Trinajstić information content (AvgIpc) is 2.95. The number of anilines is 3. The Bertz CT molecular complexity index is 2030. The number of nitrogens with one attached hydrogen (secondary N) is 2. The predicted molar refractivity (Wildman–Crippen MR) is 166 cm³/mol. The van der Waals surface area contributed by atoms with E-state index in [2.05, 4.69) is 22.8 Å². The minimum atomic E-state index is -0.464. The molecule has 0 radical (unpaired) electrons. The topological polar surface area (TPSA) is 97.3 Å². The molecule has 5 aromatic rings. The zero-order valence-electron chi connectivity index (χ0n) is 24.0. The van der Waals surface area contributed by atoms with Crippen molar-refractivity contribution in [1.29, 1.82) is 0 Å². The number of pyridine rings is 1. The molecule has 1 aromatic heterocycles. The lowest BCUT2D eigenvalue weighted by Gasteiger charge is -2.27. The molecule has 6 rings (SSSR count). The van der Waals surface area contributed by atoms with E-state index in [1.807, 2.05) is 20.8 Å². The third kappa shape index (κ3) is 4.13. The maximum Gasteiger partial charge on any atom is 0.262 e. The third-order valence-electron chi connectivity index (χ3n) is 7.86. The molecule has 0 unspecified atom stereocenters. The number of hydrogen-bond acceptors (Lipinski definition) is 5. The second-order valence-electron chi connectivity index (χ2n) is 10.8. The second-order valence-corrected chi connectivity index (χ2v) is 10.8. The molecule has 42 heavy (non-hydrogen) atoms. The average molecular weight is 556 g/mol. The Morgan fingerprint density at radius 3 is 2.12 bits per heavy atom. The van der Waals surface area contributed by atoms with Crippen LogP contribution in [0.1, 0.15) is 55.5 Å². The molecule has 7 heteroatoms. The van der Waals surface area contributed by atoms with Crippen LogP contribution in [0.2, 0.25) is 0 Å². The number of benzene rings is 4. The Labute approximate surface area is 242 Å². The van der Waals surface area contributed by atoms with Crippen LogP contribution in [0.25, 0.3) is 22.0 Å². The Balaban J connectivity index is 1.75. The van der Waals surface area contributed by atoms with Crippen molar-refractivity contribution in [2.75, 3.05) is 10.6 Å². The Morgan fingerprint density at radius 2 is 1.45 bits per heavy atom. The Hall–Kier alpha value is -5.30. The van der Waals surface area contributed by atoms with Gasteiger partial charge in [0.15, 0.2) is 11.6 Å². The van der Waals surface area contributed by atoms with Gasteiger partial charge in [0, 0.05) is 36.2 Å². The number of fused-ring (bicyclic) bond motifs is 2. The zero-order valence-corrected chi connectivity index (χ0v) is 24.0. The van der Waals surface area contributed by atoms with Crippen LogP contribution in [-0.2, 0) is 11.8 Å². The molecule has 0 aliphatic heterocycles. The molecule has 2 N–H and O–H groups in total. The molecule has 0 saturated heterocycles. The first-order valence-electron chi connectivity index (χ1n) is 13.7. The molecular formula is C35H29N3O4. The van der Waals surface area contributed by atoms with Crippen molar-refractivity contribution in [1.82, 2.24) is 4.57 Å². The first kappa shape index (κ1) is 26.9. The number of nitrogens with zero attached hydrogens (tertiary/aromatic N) is 1. The van der Waals surface area contributed by atoms with Crippen LogP contribution in [0.3, 0.4) is 0 Å². The van der Waals surface area contributed by atoms with E-state index in [0.29, 0.717) is 44.5 Å². The number of aryl methyl sites for hydroxylation is 4. The van der Waals surface area contributed by atoms with Gasteiger partial charge in [0.2, 0.25) is 5.91 Å². The summed E-state index contributed by atoms with van der Waals surface area (Å²) >= 11 is 0. The number of ketones is 2. The molecule has 0 saturated carbocycles. The third-order valence-corrected chi connectivity index (χ3v) is 7.86. The molecule has 0 bridgehead atoms. The Morgan fingerprint density at radius 1 is 0.762 bits per heavy atom. The zero-order chi connectivity index (χ0) is 29.9. The normalized spacial score (nSPS) is 11.8. The van der Waals surface area contributed by atoms with Crippen LogP contribution in [0, 0.1) is 20.8 Å². The molecule has 1 heterocycles. The number of aromatic nitrogens is 1. The van der Waals surface area contributed by atoms with E-state index in [0.717, 1.165) is 22.4 Å². The molecule has 1 amide bonds. The molecule has 208 valence electrons. The molecule has 0 fully saturated rings. The van der Waals surface area contributed by atoms with Gasteiger partial charge in [-0.3, -0.25) is 19.2 Å². The van der Waals surface area contributed by atoms with Gasteiger partial charge in [0.1, 0.15) is 0 Å². The minimum absolute atomic E-state index is 0.0222. The minimum Gasteiger partial charge on any atom is -0.354 e. The van der Waals surface area contributed by atoms with Gasteiger partial charge in [0.25, 0.3) is 5.56 Å². The number of carbonyl (C=O) groups is 3. The first-order chi connectivity index (χ1) is 20.1. The summed E-state index contributed by atoms with van der Waals surface area (Å²) in [5.41, 5.74) is 6.70. The van der Waals surface area contributed by atoms with Gasteiger partial charge in [-0.15, -0.1) is 0 Å². The van der Waals surface area contributed by atoms with Crippen LogP contribution in [0.15, 0.2) is 77.6 Å². The number of hydrogen-bond donors (Lipinski definition) is 2. The van der Waals surface area contributed by atoms with Crippen molar-refractivity contribution in [3.63, 3.8) is 0 Å². The molecule has 4 aromatic carbocycles. The lowest BCUT2D eigenvalue weighted by atomic mass is 9.79. The molecule has 1 aliphatic rings. The van der Waals surface area contributed by atoms with Crippen LogP contribution in [-0.4, -0.2) is 22.0 Å². The summed E-state index contributed by atoms with van der Waals surface area (Å²) < 4.78 is 1.43. The highest BCUT2D eigenvalue weighted by Gasteiger charge is 2.35. The highest BCUT2D eigenvalue weighted by atomic mass is 16.2. The summed E-state index contributed by atoms with van der Waals surface area (Å²) in [5, 5.41) is 6.79. The van der Waals surface area contributed by atoms with E-state index in [4.69, 9.17) is 0 Å². The van der Waals surface area contributed by atoms with Crippen LogP contribution >= 0.6 is 0 Å². The molecule has 0 atom stereocenters. The van der Waals surface area contributed by atoms with Crippen LogP contribution in [0.4, 0.5) is 17.1 Å². The van der Waals surface area contributed by atoms with Crippen molar-refractivity contribution in [3.8, 4) is 11.1 Å². The van der Waals surface area contributed by atoms with Crippen molar-refractivity contribution in [2.45, 2.75) is 27.7 Å². The van der Waals surface area contributed by atoms with Crippen molar-refractivity contribution in [3.05, 3.63) is 122 Å². The quantitative estimate of drug-likeness (QED) is 0.233. The number of carbonyl (C=O) groups excluding carboxylic acids is 3. The highest BCUT2D eigenvalue weighted by molar-refractivity contribution is 6.33. The fourth-order valence-corrected chi connectivity index (χ4v) is 6.12. The summed E-state index contributed by atoms with van der Waals surface area (Å²) in [6.07, 6.45) is 0. The maximum atomic E-state index is 14.5. The van der Waals surface area contributed by atoms with Crippen molar-refractivity contribution >= 4 is 45.4 Å². The molecule has 7 nitrogen and oxygen atoms in total.